The number of nitrogens with one attached hydrogen (secondary N) is 1. The van der Waals surface area contributed by atoms with Gasteiger partial charge in [0.15, 0.2) is 0 Å². The van der Waals surface area contributed by atoms with E-state index >= 15 is 0 Å². The van der Waals surface area contributed by atoms with Crippen LogP contribution in [0.25, 0.3) is 0 Å². The summed E-state index contributed by atoms with van der Waals surface area (Å²) in [6.07, 6.45) is 0. The summed E-state index contributed by atoms with van der Waals surface area (Å²) in [5.41, 5.74) is 7.65. The standard InChI is InChI=1S/C15H13Cl3N2O2/c1-7-3-9(19)6-11(17)13(7)20-15(21)10-4-8(16)5-12(18)14(10)22-2/h3-6H,19H2,1-2H3,(H,20,21). The molecule has 2 aromatic rings. The molecule has 0 saturated carbocycles. The van der Waals surface area contributed by atoms with E-state index in [-0.39, 0.29) is 16.3 Å². The SMILES string of the molecule is COc1c(Cl)cc(Cl)cc1C(=O)Nc1c(C)cc(N)cc1Cl. The Hall–Kier alpha value is -1.62. The van der Waals surface area contributed by atoms with Crippen molar-refractivity contribution in [2.45, 2.75) is 6.92 Å². The highest BCUT2D eigenvalue weighted by Crippen LogP contribution is 2.34. The lowest BCUT2D eigenvalue weighted by Crippen LogP contribution is -2.15. The predicted molar refractivity (Wildman–Crippen MR) is 91.6 cm³/mol. The van der Waals surface area contributed by atoms with E-state index in [1.165, 1.54) is 19.2 Å². The molecule has 0 aliphatic heterocycles. The minimum absolute atomic E-state index is 0.215. The lowest BCUT2D eigenvalue weighted by Gasteiger charge is -2.14. The Labute approximate surface area is 143 Å². The molecule has 0 heterocycles. The number of amides is 1. The van der Waals surface area contributed by atoms with Gasteiger partial charge < -0.3 is 15.8 Å². The zero-order valence-corrected chi connectivity index (χ0v) is 14.1. The van der Waals surface area contributed by atoms with Crippen LogP contribution in [0.4, 0.5) is 11.4 Å². The molecule has 4 nitrogen and oxygen atoms in total. The molecule has 0 aliphatic carbocycles. The average molecular weight is 360 g/mol. The molecule has 0 bridgehead atoms. The number of ether oxygens (including phenoxy) is 1. The molecule has 0 unspecified atom stereocenters. The van der Waals surface area contributed by atoms with Gasteiger partial charge in [-0.3, -0.25) is 4.79 Å². The first-order valence-electron chi connectivity index (χ1n) is 6.23. The average Bonchev–Trinajstić information content (AvgIpc) is 2.41. The third-order valence-electron chi connectivity index (χ3n) is 3.01. The van der Waals surface area contributed by atoms with E-state index in [2.05, 4.69) is 5.32 Å². The van der Waals surface area contributed by atoms with Crippen LogP contribution in [0.3, 0.4) is 0 Å². The lowest BCUT2D eigenvalue weighted by atomic mass is 10.1. The van der Waals surface area contributed by atoms with Crippen LogP contribution in [0.5, 0.6) is 5.75 Å². The van der Waals surface area contributed by atoms with Crippen LogP contribution in [0.2, 0.25) is 15.1 Å². The van der Waals surface area contributed by atoms with E-state index in [9.17, 15) is 4.79 Å². The van der Waals surface area contributed by atoms with E-state index in [1.54, 1.807) is 19.1 Å². The third kappa shape index (κ3) is 3.40. The van der Waals surface area contributed by atoms with Crippen LogP contribution in [-0.4, -0.2) is 13.0 Å². The van der Waals surface area contributed by atoms with E-state index in [0.29, 0.717) is 21.4 Å². The summed E-state index contributed by atoms with van der Waals surface area (Å²) >= 11 is 18.1. The molecule has 0 spiro atoms. The molecule has 0 saturated heterocycles. The topological polar surface area (TPSA) is 64.3 Å². The van der Waals surface area contributed by atoms with Gasteiger partial charge in [0, 0.05) is 10.7 Å². The van der Waals surface area contributed by atoms with Gasteiger partial charge in [0.1, 0.15) is 5.75 Å². The summed E-state index contributed by atoms with van der Waals surface area (Å²) in [4.78, 5) is 12.5. The second-order valence-corrected chi connectivity index (χ2v) is 5.87. The van der Waals surface area contributed by atoms with Crippen molar-refractivity contribution in [2.75, 3.05) is 18.2 Å². The number of anilines is 2. The number of aryl methyl sites for hydroxylation is 1. The van der Waals surface area contributed by atoms with Crippen LogP contribution in [0.15, 0.2) is 24.3 Å². The minimum atomic E-state index is -0.434. The number of halogens is 3. The van der Waals surface area contributed by atoms with Gasteiger partial charge in [-0.1, -0.05) is 34.8 Å². The van der Waals surface area contributed by atoms with Crippen LogP contribution in [-0.2, 0) is 0 Å². The molecule has 22 heavy (non-hydrogen) atoms. The van der Waals surface area contributed by atoms with Crippen molar-refractivity contribution >= 4 is 52.1 Å². The van der Waals surface area contributed by atoms with Crippen molar-refractivity contribution in [2.24, 2.45) is 0 Å². The molecule has 1 amide bonds. The molecule has 2 rings (SSSR count). The summed E-state index contributed by atoms with van der Waals surface area (Å²) in [7, 11) is 1.42. The Balaban J connectivity index is 2.43. The van der Waals surface area contributed by atoms with Gasteiger partial charge in [-0.05, 0) is 36.8 Å². The lowest BCUT2D eigenvalue weighted by molar-refractivity contribution is 0.102. The number of methoxy groups -OCH3 is 1. The number of hydrogen-bond acceptors (Lipinski definition) is 3. The minimum Gasteiger partial charge on any atom is -0.494 e. The highest BCUT2D eigenvalue weighted by Gasteiger charge is 2.18. The van der Waals surface area contributed by atoms with Gasteiger partial charge in [0.2, 0.25) is 0 Å². The molecule has 116 valence electrons. The van der Waals surface area contributed by atoms with Crippen molar-refractivity contribution in [3.05, 3.63) is 50.5 Å². The number of carbonyl (C=O) groups is 1. The van der Waals surface area contributed by atoms with Gasteiger partial charge in [0.05, 0.1) is 28.4 Å². The maximum atomic E-state index is 12.5. The maximum absolute atomic E-state index is 12.5. The van der Waals surface area contributed by atoms with E-state index in [1.807, 2.05) is 0 Å². The summed E-state index contributed by atoms with van der Waals surface area (Å²) in [6, 6.07) is 6.25. The van der Waals surface area contributed by atoms with Crippen molar-refractivity contribution in [3.63, 3.8) is 0 Å². The molecule has 0 aromatic heterocycles. The van der Waals surface area contributed by atoms with Gasteiger partial charge in [-0.25, -0.2) is 0 Å². The Morgan fingerprint density at radius 3 is 2.41 bits per heavy atom. The maximum Gasteiger partial charge on any atom is 0.259 e. The van der Waals surface area contributed by atoms with Crippen molar-refractivity contribution in [3.8, 4) is 5.75 Å². The summed E-state index contributed by atoms with van der Waals surface area (Å²) in [5, 5.41) is 3.65. The number of hydrogen-bond donors (Lipinski definition) is 2. The molecule has 2 aromatic carbocycles. The highest BCUT2D eigenvalue weighted by atomic mass is 35.5. The second-order valence-electron chi connectivity index (χ2n) is 4.62. The number of carbonyl (C=O) groups excluding carboxylic acids is 1. The smallest absolute Gasteiger partial charge is 0.259 e. The zero-order valence-electron chi connectivity index (χ0n) is 11.8. The first-order chi connectivity index (χ1) is 10.3. The number of nitrogens with two attached hydrogens (primary N) is 1. The molecule has 0 atom stereocenters. The van der Waals surface area contributed by atoms with Crippen LogP contribution >= 0.6 is 34.8 Å². The summed E-state index contributed by atoms with van der Waals surface area (Å²) in [5.74, 6) is -0.191. The van der Waals surface area contributed by atoms with Crippen molar-refractivity contribution < 1.29 is 9.53 Å². The highest BCUT2D eigenvalue weighted by molar-refractivity contribution is 6.37. The van der Waals surface area contributed by atoms with Crippen LogP contribution in [0, 0.1) is 6.92 Å². The van der Waals surface area contributed by atoms with E-state index in [0.717, 1.165) is 5.56 Å². The fraction of sp³-hybridized carbons (Fsp3) is 0.133. The quantitative estimate of drug-likeness (QED) is 0.774. The first-order valence-corrected chi connectivity index (χ1v) is 7.37. The number of benzene rings is 2. The van der Waals surface area contributed by atoms with Crippen LogP contribution in [0.1, 0.15) is 15.9 Å². The number of rotatable bonds is 3. The summed E-state index contributed by atoms with van der Waals surface area (Å²) < 4.78 is 5.17. The fourth-order valence-electron chi connectivity index (χ4n) is 2.05. The normalized spacial score (nSPS) is 10.4. The fourth-order valence-corrected chi connectivity index (χ4v) is 2.94. The van der Waals surface area contributed by atoms with Gasteiger partial charge in [-0.2, -0.15) is 0 Å². The molecule has 0 radical (unpaired) electrons. The van der Waals surface area contributed by atoms with Crippen molar-refractivity contribution in [1.29, 1.82) is 0 Å². The molecule has 0 fully saturated rings. The zero-order chi connectivity index (χ0) is 16.4. The van der Waals surface area contributed by atoms with Gasteiger partial charge in [0.25, 0.3) is 5.91 Å². The first kappa shape index (κ1) is 16.7. The Morgan fingerprint density at radius 1 is 1.14 bits per heavy atom. The molecular weight excluding hydrogens is 347 g/mol. The predicted octanol–water partition coefficient (Wildman–Crippen LogP) is 4.80. The van der Waals surface area contributed by atoms with E-state index < -0.39 is 5.91 Å². The number of nitrogen functional groups attached to an aromatic ring is 1. The Kier molecular flexibility index (Phi) is 5.06. The molecular formula is C15H13Cl3N2O2. The second kappa shape index (κ2) is 6.65. The Morgan fingerprint density at radius 2 is 1.82 bits per heavy atom. The Bertz CT molecular complexity index is 725. The van der Waals surface area contributed by atoms with Gasteiger partial charge in [-0.15, -0.1) is 0 Å². The van der Waals surface area contributed by atoms with Gasteiger partial charge >= 0.3 is 0 Å². The summed E-state index contributed by atoms with van der Waals surface area (Å²) in [6.45, 7) is 1.79. The largest absolute Gasteiger partial charge is 0.494 e. The molecule has 0 aliphatic rings. The van der Waals surface area contributed by atoms with Crippen LogP contribution < -0.4 is 15.8 Å². The molecule has 3 N–H and O–H groups in total. The van der Waals surface area contributed by atoms with Crippen molar-refractivity contribution in [1.82, 2.24) is 0 Å². The van der Waals surface area contributed by atoms with E-state index in [4.69, 9.17) is 45.3 Å². The monoisotopic (exact) mass is 358 g/mol. The molecule has 7 heteroatoms. The third-order valence-corrected chi connectivity index (χ3v) is 3.80.